The lowest BCUT2D eigenvalue weighted by Crippen LogP contribution is -2.33. The number of rotatable bonds is 2. The summed E-state index contributed by atoms with van der Waals surface area (Å²) in [5, 5.41) is -1.01. The molecular weight excluding hydrogens is 305 g/mol. The zero-order valence-electron chi connectivity index (χ0n) is 10.7. The Kier molecular flexibility index (Phi) is 3.68. The molecule has 2 atom stereocenters. The van der Waals surface area contributed by atoms with Gasteiger partial charge in [-0.05, 0) is 18.2 Å². The predicted octanol–water partition coefficient (Wildman–Crippen LogP) is 4.22. The van der Waals surface area contributed by atoms with Crippen LogP contribution in [-0.4, -0.2) is 12.7 Å². The van der Waals surface area contributed by atoms with E-state index >= 15 is 0 Å². The molecule has 0 fully saturated rings. The van der Waals surface area contributed by atoms with Gasteiger partial charge in [0.1, 0.15) is 17.8 Å². The normalized spacial score (nSPS) is 18.4. The molecule has 2 aromatic carbocycles. The molecule has 2 nitrogen and oxygen atoms in total. The number of ether oxygens (including phenoxy) is 2. The summed E-state index contributed by atoms with van der Waals surface area (Å²) in [6, 6.07) is 8.17. The third kappa shape index (κ3) is 2.65. The maximum atomic E-state index is 13.7. The van der Waals surface area contributed by atoms with E-state index in [1.807, 2.05) is 0 Å². The average Bonchev–Trinajstić information content (AvgIpc) is 2.50. The van der Waals surface area contributed by atoms with E-state index in [9.17, 15) is 13.2 Å². The van der Waals surface area contributed by atoms with E-state index in [1.165, 1.54) is 0 Å². The van der Waals surface area contributed by atoms with Gasteiger partial charge in [0.25, 0.3) is 0 Å². The molecule has 1 aliphatic heterocycles. The molecule has 0 saturated heterocycles. The van der Waals surface area contributed by atoms with Gasteiger partial charge in [0, 0.05) is 11.6 Å². The van der Waals surface area contributed by atoms with Crippen LogP contribution in [0.4, 0.5) is 13.2 Å². The van der Waals surface area contributed by atoms with Gasteiger partial charge < -0.3 is 9.47 Å². The maximum absolute atomic E-state index is 13.7. The Bertz CT molecular complexity index is 678. The largest absolute Gasteiger partial charge is 0.486 e. The third-order valence-electron chi connectivity index (χ3n) is 3.19. The van der Waals surface area contributed by atoms with Gasteiger partial charge in [-0.1, -0.05) is 12.1 Å². The van der Waals surface area contributed by atoms with Crippen molar-refractivity contribution in [2.45, 2.75) is 11.5 Å². The molecule has 0 bridgehead atoms. The second-order valence-corrected chi connectivity index (χ2v) is 5.07. The second-order valence-electron chi connectivity index (χ2n) is 4.60. The van der Waals surface area contributed by atoms with Crippen molar-refractivity contribution in [2.75, 3.05) is 6.61 Å². The molecule has 0 saturated carbocycles. The molecule has 1 heterocycles. The van der Waals surface area contributed by atoms with Crippen LogP contribution in [0.1, 0.15) is 10.9 Å². The summed E-state index contributed by atoms with van der Waals surface area (Å²) >= 11 is 6.15. The quantitative estimate of drug-likeness (QED) is 0.610. The van der Waals surface area contributed by atoms with Gasteiger partial charge >= 0.3 is 0 Å². The van der Waals surface area contributed by atoms with Gasteiger partial charge in [-0.3, -0.25) is 0 Å². The van der Waals surface area contributed by atoms with E-state index < -0.39 is 28.9 Å². The lowest BCUT2D eigenvalue weighted by atomic mass is 10.1. The summed E-state index contributed by atoms with van der Waals surface area (Å²) < 4.78 is 51.1. The molecule has 21 heavy (non-hydrogen) atoms. The maximum Gasteiger partial charge on any atom is 0.161 e. The first kappa shape index (κ1) is 14.1. The van der Waals surface area contributed by atoms with Crippen LogP contribution in [0.25, 0.3) is 0 Å². The Hall–Kier alpha value is -1.88. The number of fused-ring (bicyclic) bond motifs is 1. The molecule has 0 aliphatic carbocycles. The third-order valence-corrected chi connectivity index (χ3v) is 3.71. The monoisotopic (exact) mass is 314 g/mol. The summed E-state index contributed by atoms with van der Waals surface area (Å²) in [6.07, 6.45) is -0.707. The highest BCUT2D eigenvalue weighted by Gasteiger charge is 2.31. The van der Waals surface area contributed by atoms with Crippen LogP contribution in [0.15, 0.2) is 36.4 Å². The van der Waals surface area contributed by atoms with Gasteiger partial charge in [-0.15, -0.1) is 11.6 Å². The molecule has 0 spiro atoms. The number of hydrogen-bond donors (Lipinski definition) is 0. The first-order valence-electron chi connectivity index (χ1n) is 6.23. The molecule has 0 N–H and O–H groups in total. The van der Waals surface area contributed by atoms with Crippen LogP contribution in [-0.2, 0) is 0 Å². The molecule has 0 radical (unpaired) electrons. The first-order chi connectivity index (χ1) is 10.1. The first-order valence-corrected chi connectivity index (χ1v) is 6.67. The molecule has 2 aromatic rings. The van der Waals surface area contributed by atoms with Gasteiger partial charge in [0.05, 0.1) is 0 Å². The highest BCUT2D eigenvalue weighted by atomic mass is 35.5. The van der Waals surface area contributed by atoms with Crippen LogP contribution in [0.3, 0.4) is 0 Å². The minimum absolute atomic E-state index is 0.0869. The van der Waals surface area contributed by atoms with Crippen LogP contribution in [0.2, 0.25) is 0 Å². The van der Waals surface area contributed by atoms with E-state index in [2.05, 4.69) is 0 Å². The van der Waals surface area contributed by atoms with Crippen LogP contribution >= 0.6 is 11.6 Å². The van der Waals surface area contributed by atoms with Gasteiger partial charge in [0.2, 0.25) is 0 Å². The Balaban J connectivity index is 1.87. The van der Waals surface area contributed by atoms with E-state index in [1.54, 1.807) is 24.3 Å². The fourth-order valence-electron chi connectivity index (χ4n) is 2.13. The smallest absolute Gasteiger partial charge is 0.161 e. The standard InChI is InChI=1S/C15H10ClF3O2/c16-15(8-5-10(18)11(19)6-9(8)17)14-7-20-12-3-1-2-4-13(12)21-14/h1-6,14-15H,7H2. The van der Waals surface area contributed by atoms with Crippen molar-refractivity contribution in [1.82, 2.24) is 0 Å². The lowest BCUT2D eigenvalue weighted by molar-refractivity contribution is 0.0870. The molecule has 110 valence electrons. The van der Waals surface area contributed by atoms with Crippen molar-refractivity contribution in [3.8, 4) is 11.5 Å². The van der Waals surface area contributed by atoms with Gasteiger partial charge in [0.15, 0.2) is 29.2 Å². The topological polar surface area (TPSA) is 18.5 Å². The zero-order valence-corrected chi connectivity index (χ0v) is 11.4. The molecule has 2 unspecified atom stereocenters. The van der Waals surface area contributed by atoms with Crippen molar-refractivity contribution < 1.29 is 22.6 Å². The highest BCUT2D eigenvalue weighted by Crippen LogP contribution is 2.37. The number of benzene rings is 2. The zero-order chi connectivity index (χ0) is 15.0. The van der Waals surface area contributed by atoms with Gasteiger partial charge in [-0.2, -0.15) is 0 Å². The van der Waals surface area contributed by atoms with E-state index in [-0.39, 0.29) is 12.2 Å². The van der Waals surface area contributed by atoms with Crippen molar-refractivity contribution in [1.29, 1.82) is 0 Å². The summed E-state index contributed by atoms with van der Waals surface area (Å²) in [6.45, 7) is 0.0869. The molecule has 0 aromatic heterocycles. The molecule has 0 amide bonds. The van der Waals surface area contributed by atoms with Crippen LogP contribution in [0.5, 0.6) is 11.5 Å². The predicted molar refractivity (Wildman–Crippen MR) is 71.3 cm³/mol. The van der Waals surface area contributed by atoms with Crippen LogP contribution in [0, 0.1) is 17.5 Å². The minimum atomic E-state index is -1.26. The Morgan fingerprint density at radius 2 is 1.67 bits per heavy atom. The fourth-order valence-corrected chi connectivity index (χ4v) is 2.42. The van der Waals surface area contributed by atoms with Crippen molar-refractivity contribution in [2.24, 2.45) is 0 Å². The molecule has 1 aliphatic rings. The number of para-hydroxylation sites is 2. The second kappa shape index (κ2) is 5.48. The number of halogens is 4. The van der Waals surface area contributed by atoms with Crippen molar-refractivity contribution in [3.63, 3.8) is 0 Å². The van der Waals surface area contributed by atoms with E-state index in [4.69, 9.17) is 21.1 Å². The van der Waals surface area contributed by atoms with E-state index in [0.717, 1.165) is 6.07 Å². The number of hydrogen-bond acceptors (Lipinski definition) is 2. The van der Waals surface area contributed by atoms with E-state index in [0.29, 0.717) is 17.6 Å². The number of alkyl halides is 1. The van der Waals surface area contributed by atoms with Crippen molar-refractivity contribution in [3.05, 3.63) is 59.4 Å². The fraction of sp³-hybridized carbons (Fsp3) is 0.200. The minimum Gasteiger partial charge on any atom is -0.486 e. The highest BCUT2D eigenvalue weighted by molar-refractivity contribution is 6.21. The Morgan fingerprint density at radius 1 is 1.00 bits per heavy atom. The molecular formula is C15H10ClF3O2. The summed E-state index contributed by atoms with van der Waals surface area (Å²) in [4.78, 5) is 0. The summed E-state index contributed by atoms with van der Waals surface area (Å²) in [5.74, 6) is -2.30. The van der Waals surface area contributed by atoms with Gasteiger partial charge in [-0.25, -0.2) is 13.2 Å². The Morgan fingerprint density at radius 3 is 2.43 bits per heavy atom. The average molecular weight is 315 g/mol. The Labute approximate surface area is 124 Å². The summed E-state index contributed by atoms with van der Waals surface area (Å²) in [5.41, 5.74) is -0.163. The van der Waals surface area contributed by atoms with Crippen LogP contribution < -0.4 is 9.47 Å². The SMILES string of the molecule is Fc1cc(F)c(C(Cl)C2COc3ccccc3O2)cc1F. The lowest BCUT2D eigenvalue weighted by Gasteiger charge is -2.29. The molecule has 3 rings (SSSR count). The summed E-state index contributed by atoms with van der Waals surface area (Å²) in [7, 11) is 0. The van der Waals surface area contributed by atoms with Crippen molar-refractivity contribution >= 4 is 11.6 Å². The molecule has 6 heteroatoms.